The molecule has 1 saturated carbocycles. The molecule has 136 valence electrons. The first-order chi connectivity index (χ1) is 12.3. The number of nitrogens with one attached hydrogen (secondary N) is 3. The second-order valence-electron chi connectivity index (χ2n) is 7.34. The molecule has 0 radical (unpaired) electrons. The minimum absolute atomic E-state index is 0.227. The summed E-state index contributed by atoms with van der Waals surface area (Å²) >= 11 is 0. The number of hydrogen-bond acceptors (Lipinski definition) is 3. The summed E-state index contributed by atoms with van der Waals surface area (Å²) in [5.41, 5.74) is 2.09. The van der Waals surface area contributed by atoms with Gasteiger partial charge in [0.25, 0.3) is 5.91 Å². The molecule has 6 heteroatoms. The molecule has 1 amide bonds. The van der Waals surface area contributed by atoms with Crippen LogP contribution in [0.4, 0.5) is 4.39 Å². The molecule has 0 atom stereocenters. The van der Waals surface area contributed by atoms with Crippen molar-refractivity contribution in [2.75, 3.05) is 0 Å². The van der Waals surface area contributed by atoms with E-state index in [0.29, 0.717) is 17.2 Å². The SMILES string of the molecule is C/C(=C/C(=N)c1ccc(F)cc1)c1cnc(C(=O)NC(C)(C)C2CC2)[nH]1. The van der Waals surface area contributed by atoms with Crippen molar-refractivity contribution in [3.05, 3.63) is 59.4 Å². The van der Waals surface area contributed by atoms with Crippen molar-refractivity contribution < 1.29 is 9.18 Å². The Morgan fingerprint density at radius 1 is 1.35 bits per heavy atom. The molecule has 0 bridgehead atoms. The third-order valence-corrected chi connectivity index (χ3v) is 4.77. The van der Waals surface area contributed by atoms with Gasteiger partial charge in [0.1, 0.15) is 5.82 Å². The first-order valence-electron chi connectivity index (χ1n) is 8.67. The van der Waals surface area contributed by atoms with Crippen LogP contribution in [0.2, 0.25) is 0 Å². The lowest BCUT2D eigenvalue weighted by molar-refractivity contribution is 0.0893. The maximum absolute atomic E-state index is 13.0. The minimum atomic E-state index is -0.333. The Morgan fingerprint density at radius 2 is 2.00 bits per heavy atom. The van der Waals surface area contributed by atoms with Crippen LogP contribution < -0.4 is 5.32 Å². The van der Waals surface area contributed by atoms with E-state index in [2.05, 4.69) is 15.3 Å². The summed E-state index contributed by atoms with van der Waals surface area (Å²) < 4.78 is 13.0. The summed E-state index contributed by atoms with van der Waals surface area (Å²) in [5.74, 6) is 0.226. The third-order valence-electron chi connectivity index (χ3n) is 4.77. The molecular weight excluding hydrogens is 331 g/mol. The number of amides is 1. The monoisotopic (exact) mass is 354 g/mol. The first-order valence-corrected chi connectivity index (χ1v) is 8.67. The summed E-state index contributed by atoms with van der Waals surface area (Å²) in [7, 11) is 0. The first kappa shape index (κ1) is 18.0. The Bertz CT molecular complexity index is 860. The number of aromatic nitrogens is 2. The van der Waals surface area contributed by atoms with Gasteiger partial charge in [0.15, 0.2) is 5.82 Å². The highest BCUT2D eigenvalue weighted by atomic mass is 19.1. The van der Waals surface area contributed by atoms with Gasteiger partial charge < -0.3 is 15.7 Å². The number of rotatable bonds is 6. The third kappa shape index (κ3) is 4.07. The predicted molar refractivity (Wildman–Crippen MR) is 99.7 cm³/mol. The molecule has 1 aromatic heterocycles. The van der Waals surface area contributed by atoms with Gasteiger partial charge in [0.05, 0.1) is 17.6 Å². The molecule has 5 nitrogen and oxygen atoms in total. The van der Waals surface area contributed by atoms with Crippen molar-refractivity contribution in [2.24, 2.45) is 5.92 Å². The molecule has 0 saturated heterocycles. The van der Waals surface area contributed by atoms with Crippen molar-refractivity contribution in [3.8, 4) is 0 Å². The molecular formula is C20H23FN4O. The largest absolute Gasteiger partial charge is 0.344 e. The predicted octanol–water partition coefficient (Wildman–Crippen LogP) is 3.94. The fraction of sp³-hybridized carbons (Fsp3) is 0.350. The zero-order chi connectivity index (χ0) is 18.9. The molecule has 3 rings (SSSR count). The van der Waals surface area contributed by atoms with Gasteiger partial charge in [-0.05, 0) is 81.0 Å². The lowest BCUT2D eigenvalue weighted by Crippen LogP contribution is -2.45. The number of aromatic amines is 1. The van der Waals surface area contributed by atoms with Gasteiger partial charge in [-0.2, -0.15) is 0 Å². The van der Waals surface area contributed by atoms with Gasteiger partial charge in [-0.15, -0.1) is 0 Å². The summed E-state index contributed by atoms with van der Waals surface area (Å²) in [6.07, 6.45) is 5.54. The van der Waals surface area contributed by atoms with Crippen LogP contribution in [0.25, 0.3) is 5.57 Å². The van der Waals surface area contributed by atoms with E-state index in [1.807, 2.05) is 20.8 Å². The number of benzene rings is 1. The molecule has 1 aromatic carbocycles. The number of nitrogens with zero attached hydrogens (tertiary/aromatic N) is 1. The zero-order valence-electron chi connectivity index (χ0n) is 15.2. The van der Waals surface area contributed by atoms with Crippen LogP contribution in [0.5, 0.6) is 0 Å². The molecule has 1 heterocycles. The minimum Gasteiger partial charge on any atom is -0.344 e. The molecule has 2 aromatic rings. The standard InChI is InChI=1S/C20H23FN4O/c1-12(10-16(22)13-4-8-15(21)9-5-13)17-11-23-18(24-17)19(26)25-20(2,3)14-6-7-14/h4-5,8-11,14,22H,6-7H2,1-3H3,(H,23,24)(H,25,26)/b12-10-,22-16?. The molecule has 0 spiro atoms. The number of allylic oxidation sites excluding steroid dienone is 2. The highest BCUT2D eigenvalue weighted by Gasteiger charge is 2.39. The highest BCUT2D eigenvalue weighted by molar-refractivity contribution is 6.10. The van der Waals surface area contributed by atoms with Crippen molar-refractivity contribution >= 4 is 17.2 Å². The number of hydrogen-bond donors (Lipinski definition) is 3. The van der Waals surface area contributed by atoms with Gasteiger partial charge in [-0.1, -0.05) is 0 Å². The van der Waals surface area contributed by atoms with Gasteiger partial charge in [0.2, 0.25) is 0 Å². The van der Waals surface area contributed by atoms with Crippen molar-refractivity contribution in [1.82, 2.24) is 15.3 Å². The smallest absolute Gasteiger partial charge is 0.287 e. The van der Waals surface area contributed by atoms with E-state index >= 15 is 0 Å². The van der Waals surface area contributed by atoms with Crippen molar-refractivity contribution in [2.45, 2.75) is 39.2 Å². The van der Waals surface area contributed by atoms with Crippen LogP contribution in [-0.4, -0.2) is 27.1 Å². The number of carbonyl (C=O) groups excluding carboxylic acids is 1. The molecule has 26 heavy (non-hydrogen) atoms. The summed E-state index contributed by atoms with van der Waals surface area (Å²) in [4.78, 5) is 19.6. The number of halogens is 1. The summed E-state index contributed by atoms with van der Waals surface area (Å²) in [6, 6.07) is 5.78. The second-order valence-corrected chi connectivity index (χ2v) is 7.34. The van der Waals surface area contributed by atoms with E-state index in [9.17, 15) is 9.18 Å². The van der Waals surface area contributed by atoms with Crippen molar-refractivity contribution in [3.63, 3.8) is 0 Å². The molecule has 0 unspecified atom stereocenters. The van der Waals surface area contributed by atoms with Crippen molar-refractivity contribution in [1.29, 1.82) is 5.41 Å². The Morgan fingerprint density at radius 3 is 2.62 bits per heavy atom. The van der Waals surface area contributed by atoms with Crippen LogP contribution in [0.15, 0.2) is 36.5 Å². The van der Waals surface area contributed by atoms with Gasteiger partial charge in [-0.3, -0.25) is 4.79 Å². The zero-order valence-corrected chi connectivity index (χ0v) is 15.2. The number of carbonyl (C=O) groups is 1. The molecule has 0 aliphatic heterocycles. The van der Waals surface area contributed by atoms with Gasteiger partial charge >= 0.3 is 0 Å². The number of imidazole rings is 1. The van der Waals surface area contributed by atoms with Crippen LogP contribution in [0.1, 0.15) is 55.5 Å². The topological polar surface area (TPSA) is 81.6 Å². The lowest BCUT2D eigenvalue weighted by atomic mass is 9.99. The molecule has 1 aliphatic rings. The van der Waals surface area contributed by atoms with Crippen LogP contribution in [0, 0.1) is 17.1 Å². The average Bonchev–Trinajstić information content (AvgIpc) is 3.33. The maximum Gasteiger partial charge on any atom is 0.287 e. The van der Waals surface area contributed by atoms with E-state index < -0.39 is 0 Å². The normalized spacial score (nSPS) is 15.0. The van der Waals surface area contributed by atoms with Gasteiger partial charge in [-0.25, -0.2) is 9.37 Å². The molecule has 3 N–H and O–H groups in total. The van der Waals surface area contributed by atoms with Gasteiger partial charge in [0, 0.05) is 5.54 Å². The Hall–Kier alpha value is -2.76. The molecule has 1 aliphatic carbocycles. The maximum atomic E-state index is 13.0. The number of H-pyrrole nitrogens is 1. The van der Waals surface area contributed by atoms with Crippen LogP contribution in [-0.2, 0) is 0 Å². The highest BCUT2D eigenvalue weighted by Crippen LogP contribution is 2.39. The fourth-order valence-corrected chi connectivity index (χ4v) is 2.90. The van der Waals surface area contributed by atoms with E-state index in [-0.39, 0.29) is 28.8 Å². The average molecular weight is 354 g/mol. The van der Waals surface area contributed by atoms with E-state index in [0.717, 1.165) is 18.4 Å². The Balaban J connectivity index is 1.70. The quantitative estimate of drug-likeness (QED) is 0.687. The summed E-state index contributed by atoms with van der Waals surface area (Å²) in [6.45, 7) is 5.89. The van der Waals surface area contributed by atoms with E-state index in [1.54, 1.807) is 24.4 Å². The van der Waals surface area contributed by atoms with Crippen LogP contribution >= 0.6 is 0 Å². The van der Waals surface area contributed by atoms with Crippen LogP contribution in [0.3, 0.4) is 0 Å². The Labute approximate surface area is 152 Å². The lowest BCUT2D eigenvalue weighted by Gasteiger charge is -2.25. The molecule has 1 fully saturated rings. The second kappa shape index (κ2) is 6.86. The fourth-order valence-electron chi connectivity index (χ4n) is 2.90. The Kier molecular flexibility index (Phi) is 4.76. The van der Waals surface area contributed by atoms with E-state index in [1.165, 1.54) is 12.1 Å². The van der Waals surface area contributed by atoms with E-state index in [4.69, 9.17) is 5.41 Å². The summed E-state index contributed by atoms with van der Waals surface area (Å²) in [5, 5.41) is 11.2.